The fraction of sp³-hybridized carbons (Fsp3) is 0.176. The van der Waals surface area contributed by atoms with Crippen molar-refractivity contribution in [2.24, 2.45) is 5.73 Å². The lowest BCUT2D eigenvalue weighted by Crippen LogP contribution is -2.17. The highest BCUT2D eigenvalue weighted by atomic mass is 15.1. The third kappa shape index (κ3) is 2.85. The molecule has 21 heavy (non-hydrogen) atoms. The summed E-state index contributed by atoms with van der Waals surface area (Å²) in [5, 5.41) is 0. The zero-order chi connectivity index (χ0) is 14.7. The maximum absolute atomic E-state index is 6.37. The number of aryl methyl sites for hydroxylation is 1. The lowest BCUT2D eigenvalue weighted by atomic mass is 10.1. The number of nitrogens with two attached hydrogens (primary N) is 1. The molecule has 1 unspecified atom stereocenters. The van der Waals surface area contributed by atoms with Crippen molar-refractivity contribution in [2.45, 2.75) is 19.5 Å². The maximum Gasteiger partial charge on any atom is 0.0952 e. The fourth-order valence-electron chi connectivity index (χ4n) is 2.40. The molecule has 106 valence electrons. The second kappa shape index (κ2) is 5.89. The average Bonchev–Trinajstić information content (AvgIpc) is 2.98. The van der Waals surface area contributed by atoms with E-state index < -0.39 is 0 Å². The van der Waals surface area contributed by atoms with Crippen LogP contribution in [0.1, 0.15) is 28.6 Å². The summed E-state index contributed by atoms with van der Waals surface area (Å²) in [6, 6.07) is 13.9. The van der Waals surface area contributed by atoms with Crippen LogP contribution in [-0.2, 0) is 6.54 Å². The third-order valence-corrected chi connectivity index (χ3v) is 3.66. The molecule has 1 atom stereocenters. The molecule has 0 saturated heterocycles. The van der Waals surface area contributed by atoms with Crippen LogP contribution in [-0.4, -0.2) is 14.5 Å². The van der Waals surface area contributed by atoms with E-state index in [0.717, 1.165) is 17.0 Å². The number of benzene rings is 1. The van der Waals surface area contributed by atoms with Gasteiger partial charge >= 0.3 is 0 Å². The van der Waals surface area contributed by atoms with E-state index in [1.807, 2.05) is 55.1 Å². The summed E-state index contributed by atoms with van der Waals surface area (Å²) in [4.78, 5) is 8.69. The van der Waals surface area contributed by atoms with Crippen molar-refractivity contribution in [3.8, 4) is 0 Å². The predicted octanol–water partition coefficient (Wildman–Crippen LogP) is 2.68. The average molecular weight is 278 g/mol. The molecule has 2 heterocycles. The van der Waals surface area contributed by atoms with Gasteiger partial charge in [-0.3, -0.25) is 4.98 Å². The number of imidazole rings is 1. The second-order valence-electron chi connectivity index (χ2n) is 5.10. The molecule has 0 amide bonds. The van der Waals surface area contributed by atoms with Crippen molar-refractivity contribution in [3.63, 3.8) is 0 Å². The quantitative estimate of drug-likeness (QED) is 0.798. The third-order valence-electron chi connectivity index (χ3n) is 3.66. The Bertz CT molecular complexity index is 718. The lowest BCUT2D eigenvalue weighted by Gasteiger charge is -2.15. The van der Waals surface area contributed by atoms with Crippen molar-refractivity contribution in [1.29, 1.82) is 0 Å². The topological polar surface area (TPSA) is 56.7 Å². The molecule has 0 aliphatic heterocycles. The first kappa shape index (κ1) is 13.5. The molecule has 0 radical (unpaired) electrons. The first-order chi connectivity index (χ1) is 10.3. The molecule has 3 rings (SSSR count). The van der Waals surface area contributed by atoms with E-state index in [-0.39, 0.29) is 6.04 Å². The molecule has 2 N–H and O–H groups in total. The van der Waals surface area contributed by atoms with Crippen LogP contribution in [0, 0.1) is 6.92 Å². The van der Waals surface area contributed by atoms with Gasteiger partial charge in [0.15, 0.2) is 0 Å². The van der Waals surface area contributed by atoms with Gasteiger partial charge in [-0.2, -0.15) is 0 Å². The lowest BCUT2D eigenvalue weighted by molar-refractivity contribution is 0.682. The Hall–Kier alpha value is -2.46. The van der Waals surface area contributed by atoms with Gasteiger partial charge in [0.1, 0.15) is 0 Å². The smallest absolute Gasteiger partial charge is 0.0952 e. The Morgan fingerprint density at radius 1 is 1.14 bits per heavy atom. The van der Waals surface area contributed by atoms with Crippen molar-refractivity contribution >= 4 is 0 Å². The monoisotopic (exact) mass is 278 g/mol. The largest absolute Gasteiger partial charge is 0.327 e. The van der Waals surface area contributed by atoms with Gasteiger partial charge in [0.2, 0.25) is 0 Å². The van der Waals surface area contributed by atoms with Crippen LogP contribution in [0.3, 0.4) is 0 Å². The van der Waals surface area contributed by atoms with Gasteiger partial charge in [-0.1, -0.05) is 36.4 Å². The summed E-state index contributed by atoms with van der Waals surface area (Å²) in [7, 11) is 0. The van der Waals surface area contributed by atoms with Crippen LogP contribution in [0.4, 0.5) is 0 Å². The Morgan fingerprint density at radius 2 is 1.95 bits per heavy atom. The summed E-state index contributed by atoms with van der Waals surface area (Å²) in [6.07, 6.45) is 5.46. The van der Waals surface area contributed by atoms with E-state index in [4.69, 9.17) is 5.73 Å². The zero-order valence-corrected chi connectivity index (χ0v) is 12.0. The molecule has 0 bridgehead atoms. The Kier molecular flexibility index (Phi) is 3.79. The van der Waals surface area contributed by atoms with E-state index in [1.165, 1.54) is 5.56 Å². The fourth-order valence-corrected chi connectivity index (χ4v) is 2.40. The van der Waals surface area contributed by atoms with Gasteiger partial charge in [0, 0.05) is 6.20 Å². The van der Waals surface area contributed by atoms with E-state index in [0.29, 0.717) is 6.54 Å². The molecule has 0 saturated carbocycles. The molecule has 0 aliphatic rings. The summed E-state index contributed by atoms with van der Waals surface area (Å²) >= 11 is 0. The molecule has 3 aromatic rings. The Morgan fingerprint density at radius 3 is 2.71 bits per heavy atom. The molecular formula is C17H18N4. The molecule has 1 aromatic carbocycles. The molecular weight excluding hydrogens is 260 g/mol. The van der Waals surface area contributed by atoms with Crippen LogP contribution >= 0.6 is 0 Å². The number of pyridine rings is 1. The highest BCUT2D eigenvalue weighted by Crippen LogP contribution is 2.20. The first-order valence-electron chi connectivity index (χ1n) is 6.97. The molecule has 2 aromatic heterocycles. The Balaban J connectivity index is 1.89. The van der Waals surface area contributed by atoms with Crippen LogP contribution in [0.25, 0.3) is 0 Å². The summed E-state index contributed by atoms with van der Waals surface area (Å²) in [6.45, 7) is 2.75. The molecule has 0 spiro atoms. The van der Waals surface area contributed by atoms with Crippen LogP contribution < -0.4 is 5.73 Å². The van der Waals surface area contributed by atoms with E-state index in [2.05, 4.69) is 27.5 Å². The first-order valence-corrected chi connectivity index (χ1v) is 6.97. The standard InChI is InChI=1S/C17H18N4/c1-13-6-5-9-20-15(13)11-21-12-19-10-16(21)17(18)14-7-3-2-4-8-14/h2-10,12,17H,11,18H2,1H3. The van der Waals surface area contributed by atoms with E-state index in [9.17, 15) is 0 Å². The molecule has 0 fully saturated rings. The minimum Gasteiger partial charge on any atom is -0.327 e. The van der Waals surface area contributed by atoms with Crippen LogP contribution in [0.15, 0.2) is 61.2 Å². The van der Waals surface area contributed by atoms with Crippen LogP contribution in [0.5, 0.6) is 0 Å². The van der Waals surface area contributed by atoms with E-state index >= 15 is 0 Å². The highest BCUT2D eigenvalue weighted by molar-refractivity contribution is 5.27. The van der Waals surface area contributed by atoms with Gasteiger partial charge < -0.3 is 10.3 Å². The number of aromatic nitrogens is 3. The molecule has 4 nitrogen and oxygen atoms in total. The van der Waals surface area contributed by atoms with Crippen molar-refractivity contribution in [2.75, 3.05) is 0 Å². The van der Waals surface area contributed by atoms with Crippen molar-refractivity contribution < 1.29 is 0 Å². The zero-order valence-electron chi connectivity index (χ0n) is 12.0. The van der Waals surface area contributed by atoms with Gasteiger partial charge in [-0.15, -0.1) is 0 Å². The normalized spacial score (nSPS) is 12.3. The summed E-state index contributed by atoms with van der Waals surface area (Å²) in [5.74, 6) is 0. The van der Waals surface area contributed by atoms with Crippen molar-refractivity contribution in [3.05, 3.63) is 83.7 Å². The summed E-state index contributed by atoms with van der Waals surface area (Å²) in [5.41, 5.74) is 10.7. The van der Waals surface area contributed by atoms with Gasteiger partial charge in [0.25, 0.3) is 0 Å². The van der Waals surface area contributed by atoms with Crippen molar-refractivity contribution in [1.82, 2.24) is 14.5 Å². The van der Waals surface area contributed by atoms with E-state index in [1.54, 1.807) is 0 Å². The number of hydrogen-bond donors (Lipinski definition) is 1. The molecule has 0 aliphatic carbocycles. The summed E-state index contributed by atoms with van der Waals surface area (Å²) < 4.78 is 2.06. The second-order valence-corrected chi connectivity index (χ2v) is 5.10. The minimum atomic E-state index is -0.183. The number of hydrogen-bond acceptors (Lipinski definition) is 3. The number of rotatable bonds is 4. The van der Waals surface area contributed by atoms with Gasteiger partial charge in [0.05, 0.1) is 36.5 Å². The number of nitrogens with zero attached hydrogens (tertiary/aromatic N) is 3. The van der Waals surface area contributed by atoms with Crippen LogP contribution in [0.2, 0.25) is 0 Å². The molecule has 4 heteroatoms. The minimum absolute atomic E-state index is 0.183. The maximum atomic E-state index is 6.37. The van der Waals surface area contributed by atoms with Gasteiger partial charge in [-0.25, -0.2) is 4.98 Å². The highest BCUT2D eigenvalue weighted by Gasteiger charge is 2.14. The SMILES string of the molecule is Cc1cccnc1Cn1cncc1C(N)c1ccccc1. The Labute approximate surface area is 124 Å². The predicted molar refractivity (Wildman–Crippen MR) is 82.8 cm³/mol. The van der Waals surface area contributed by atoms with Gasteiger partial charge in [-0.05, 0) is 24.1 Å².